The van der Waals surface area contributed by atoms with E-state index in [0.29, 0.717) is 0 Å². The van der Waals surface area contributed by atoms with Crippen LogP contribution in [0.2, 0.25) is 0 Å². The Labute approximate surface area is 94.9 Å². The SMILES string of the molecule is CC(F)(F)Cc1ccccc1C1CCCN1. The molecule has 1 nitrogen and oxygen atoms in total. The number of rotatable bonds is 3. The molecule has 1 aliphatic heterocycles. The van der Waals surface area contributed by atoms with Crippen LogP contribution in [0.25, 0.3) is 0 Å². The standard InChI is InChI=1S/C13H17F2N/c1-13(14,15)9-10-5-2-3-6-11(10)12-7-4-8-16-12/h2-3,5-6,12,16H,4,7-9H2,1H3. The molecular formula is C13H17F2N. The minimum absolute atomic E-state index is 0.165. The van der Waals surface area contributed by atoms with Gasteiger partial charge in [0.15, 0.2) is 0 Å². The van der Waals surface area contributed by atoms with Crippen molar-refractivity contribution in [3.8, 4) is 0 Å². The van der Waals surface area contributed by atoms with Gasteiger partial charge in [-0.05, 0) is 37.4 Å². The summed E-state index contributed by atoms with van der Waals surface area (Å²) in [5.41, 5.74) is 1.82. The van der Waals surface area contributed by atoms with Gasteiger partial charge in [0.2, 0.25) is 5.92 Å². The highest BCUT2D eigenvalue weighted by atomic mass is 19.3. The fraction of sp³-hybridized carbons (Fsp3) is 0.538. The van der Waals surface area contributed by atoms with Gasteiger partial charge in [-0.3, -0.25) is 0 Å². The summed E-state index contributed by atoms with van der Waals surface area (Å²) in [4.78, 5) is 0. The van der Waals surface area contributed by atoms with Crippen molar-refractivity contribution in [1.29, 1.82) is 0 Å². The van der Waals surface area contributed by atoms with E-state index < -0.39 is 5.92 Å². The fourth-order valence-corrected chi connectivity index (χ4v) is 2.32. The maximum atomic E-state index is 13.1. The van der Waals surface area contributed by atoms with Crippen molar-refractivity contribution in [2.75, 3.05) is 6.54 Å². The molecule has 1 atom stereocenters. The molecule has 1 aliphatic rings. The third kappa shape index (κ3) is 2.79. The molecule has 1 unspecified atom stereocenters. The Kier molecular flexibility index (Phi) is 3.24. The highest BCUT2D eigenvalue weighted by Gasteiger charge is 2.26. The minimum atomic E-state index is -2.63. The molecule has 0 aromatic heterocycles. The third-order valence-electron chi connectivity index (χ3n) is 2.99. The van der Waals surface area contributed by atoms with Gasteiger partial charge in [-0.15, -0.1) is 0 Å². The van der Waals surface area contributed by atoms with Crippen LogP contribution in [0.1, 0.15) is 36.9 Å². The molecule has 1 aromatic carbocycles. The lowest BCUT2D eigenvalue weighted by Gasteiger charge is -2.18. The summed E-state index contributed by atoms with van der Waals surface area (Å²) in [6.07, 6.45) is 2.01. The molecule has 1 fully saturated rings. The van der Waals surface area contributed by atoms with Crippen LogP contribution in [0.5, 0.6) is 0 Å². The Bertz CT molecular complexity index is 351. The normalized spacial score (nSPS) is 21.3. The molecule has 1 heterocycles. The highest BCUT2D eigenvalue weighted by molar-refractivity contribution is 5.31. The number of hydrogen-bond donors (Lipinski definition) is 1. The molecule has 1 aromatic rings. The first-order valence-corrected chi connectivity index (χ1v) is 5.75. The van der Waals surface area contributed by atoms with Gasteiger partial charge in [-0.25, -0.2) is 8.78 Å². The van der Waals surface area contributed by atoms with Crippen LogP contribution in [0.4, 0.5) is 8.78 Å². The van der Waals surface area contributed by atoms with E-state index >= 15 is 0 Å². The minimum Gasteiger partial charge on any atom is -0.310 e. The monoisotopic (exact) mass is 225 g/mol. The average molecular weight is 225 g/mol. The summed E-state index contributed by atoms with van der Waals surface area (Å²) < 4.78 is 26.1. The van der Waals surface area contributed by atoms with Crippen molar-refractivity contribution in [3.05, 3.63) is 35.4 Å². The second-order valence-corrected chi connectivity index (χ2v) is 4.59. The van der Waals surface area contributed by atoms with Crippen LogP contribution in [0.15, 0.2) is 24.3 Å². The largest absolute Gasteiger partial charge is 0.310 e. The van der Waals surface area contributed by atoms with Crippen molar-refractivity contribution in [2.24, 2.45) is 0 Å². The Morgan fingerprint density at radius 2 is 2.12 bits per heavy atom. The van der Waals surface area contributed by atoms with Gasteiger partial charge in [-0.1, -0.05) is 24.3 Å². The van der Waals surface area contributed by atoms with Crippen molar-refractivity contribution < 1.29 is 8.78 Å². The van der Waals surface area contributed by atoms with Gasteiger partial charge in [-0.2, -0.15) is 0 Å². The van der Waals surface area contributed by atoms with Crippen LogP contribution in [-0.4, -0.2) is 12.5 Å². The molecule has 1 N–H and O–H groups in total. The lowest BCUT2D eigenvalue weighted by atomic mass is 9.95. The van der Waals surface area contributed by atoms with Gasteiger partial charge < -0.3 is 5.32 Å². The zero-order valence-electron chi connectivity index (χ0n) is 9.47. The molecule has 0 aliphatic carbocycles. The topological polar surface area (TPSA) is 12.0 Å². The second-order valence-electron chi connectivity index (χ2n) is 4.59. The molecule has 1 saturated heterocycles. The number of nitrogens with one attached hydrogen (secondary N) is 1. The molecule has 88 valence electrons. The number of alkyl halides is 2. The molecule has 0 spiro atoms. The van der Waals surface area contributed by atoms with Crippen molar-refractivity contribution in [2.45, 2.75) is 38.2 Å². The predicted octanol–water partition coefficient (Wildman–Crippen LogP) is 3.31. The Balaban J connectivity index is 2.23. The van der Waals surface area contributed by atoms with E-state index in [1.54, 1.807) is 0 Å². The summed E-state index contributed by atoms with van der Waals surface area (Å²) in [7, 11) is 0. The summed E-state index contributed by atoms with van der Waals surface area (Å²) in [6.45, 7) is 1.97. The van der Waals surface area contributed by atoms with Gasteiger partial charge >= 0.3 is 0 Å². The molecule has 0 radical (unpaired) electrons. The van der Waals surface area contributed by atoms with E-state index in [-0.39, 0.29) is 12.5 Å². The zero-order valence-corrected chi connectivity index (χ0v) is 9.47. The van der Waals surface area contributed by atoms with E-state index in [0.717, 1.165) is 37.4 Å². The van der Waals surface area contributed by atoms with Crippen LogP contribution < -0.4 is 5.32 Å². The Morgan fingerprint density at radius 1 is 1.38 bits per heavy atom. The number of hydrogen-bond acceptors (Lipinski definition) is 1. The van der Waals surface area contributed by atoms with Crippen molar-refractivity contribution in [3.63, 3.8) is 0 Å². The maximum Gasteiger partial charge on any atom is 0.249 e. The Morgan fingerprint density at radius 3 is 2.75 bits per heavy atom. The quantitative estimate of drug-likeness (QED) is 0.832. The highest BCUT2D eigenvalue weighted by Crippen LogP contribution is 2.29. The zero-order chi connectivity index (χ0) is 11.6. The van der Waals surface area contributed by atoms with Crippen molar-refractivity contribution >= 4 is 0 Å². The smallest absolute Gasteiger partial charge is 0.249 e. The van der Waals surface area contributed by atoms with Crippen LogP contribution in [-0.2, 0) is 6.42 Å². The maximum absolute atomic E-state index is 13.1. The first-order chi connectivity index (χ1) is 7.56. The van der Waals surface area contributed by atoms with E-state index in [4.69, 9.17) is 0 Å². The molecule has 0 bridgehead atoms. The average Bonchev–Trinajstić information content (AvgIpc) is 2.69. The first-order valence-electron chi connectivity index (χ1n) is 5.75. The lowest BCUT2D eigenvalue weighted by molar-refractivity contribution is 0.0223. The van der Waals surface area contributed by atoms with Crippen molar-refractivity contribution in [1.82, 2.24) is 5.32 Å². The van der Waals surface area contributed by atoms with Gasteiger partial charge in [0.05, 0.1) is 0 Å². The molecule has 2 rings (SSSR count). The van der Waals surface area contributed by atoms with Gasteiger partial charge in [0.1, 0.15) is 0 Å². The fourth-order valence-electron chi connectivity index (χ4n) is 2.32. The first kappa shape index (κ1) is 11.5. The van der Waals surface area contributed by atoms with E-state index in [2.05, 4.69) is 5.32 Å². The number of halogens is 2. The molecule has 3 heteroatoms. The lowest BCUT2D eigenvalue weighted by Crippen LogP contribution is -2.19. The summed E-state index contributed by atoms with van der Waals surface area (Å²) in [6, 6.07) is 7.79. The van der Waals surface area contributed by atoms with Gasteiger partial charge in [0, 0.05) is 12.5 Å². The summed E-state index contributed by atoms with van der Waals surface area (Å²) >= 11 is 0. The summed E-state index contributed by atoms with van der Waals surface area (Å²) in [5, 5.41) is 3.35. The predicted molar refractivity (Wildman–Crippen MR) is 60.7 cm³/mol. The van der Waals surface area contributed by atoms with E-state index in [1.807, 2.05) is 24.3 Å². The van der Waals surface area contributed by atoms with Crippen LogP contribution in [0, 0.1) is 0 Å². The van der Waals surface area contributed by atoms with Gasteiger partial charge in [0.25, 0.3) is 0 Å². The summed E-state index contributed by atoms with van der Waals surface area (Å²) in [5.74, 6) is -2.63. The Hall–Kier alpha value is -0.960. The molecular weight excluding hydrogens is 208 g/mol. The second kappa shape index (κ2) is 4.50. The molecule has 16 heavy (non-hydrogen) atoms. The molecule has 0 saturated carbocycles. The third-order valence-corrected chi connectivity index (χ3v) is 2.99. The van der Waals surface area contributed by atoms with Crippen LogP contribution in [0.3, 0.4) is 0 Å². The van der Waals surface area contributed by atoms with E-state index in [9.17, 15) is 8.78 Å². The molecule has 0 amide bonds. The number of benzene rings is 1. The van der Waals surface area contributed by atoms with Crippen LogP contribution >= 0.6 is 0 Å². The van der Waals surface area contributed by atoms with E-state index in [1.165, 1.54) is 0 Å².